The summed E-state index contributed by atoms with van der Waals surface area (Å²) >= 11 is 0. The first-order valence-electron chi connectivity index (χ1n) is 10.7. The number of anilines is 2. The fourth-order valence-electron chi connectivity index (χ4n) is 3.57. The van der Waals surface area contributed by atoms with Crippen LogP contribution in [0.2, 0.25) is 0 Å². The van der Waals surface area contributed by atoms with Gasteiger partial charge in [-0.05, 0) is 35.2 Å². The normalized spacial score (nSPS) is 14.3. The van der Waals surface area contributed by atoms with Crippen LogP contribution in [0.1, 0.15) is 36.7 Å². The molecule has 0 bridgehead atoms. The number of carbonyl (C=O) groups excluding carboxylic acids is 1. The molecule has 8 nitrogen and oxygen atoms in total. The van der Waals surface area contributed by atoms with Crippen LogP contribution in [0.25, 0.3) is 11.3 Å². The Labute approximate surface area is 187 Å². The van der Waals surface area contributed by atoms with Gasteiger partial charge in [-0.3, -0.25) is 9.59 Å². The monoisotopic (exact) mass is 432 g/mol. The summed E-state index contributed by atoms with van der Waals surface area (Å²) in [6.07, 6.45) is 3.31. The average molecular weight is 433 g/mol. The van der Waals surface area contributed by atoms with E-state index in [1.165, 1.54) is 0 Å². The standard InChI is InChI=1S/C24H28N6O2/c1-24(2,3)18-6-4-16(5-7-18)21(31)28-20-14-17(15-27-22(20)32)19-8-9-26-23(29-19)30-12-10-25-11-13-30/h4-9,14-15,25H,10-13H2,1-3H3,(H,27,32)(H,28,31). The molecule has 32 heavy (non-hydrogen) atoms. The Hall–Kier alpha value is -3.52. The number of aromatic amines is 1. The van der Waals surface area contributed by atoms with Crippen LogP contribution in [0.5, 0.6) is 0 Å². The molecule has 0 saturated carbocycles. The van der Waals surface area contributed by atoms with Gasteiger partial charge in [-0.2, -0.15) is 0 Å². The van der Waals surface area contributed by atoms with Gasteiger partial charge in [0.25, 0.3) is 11.5 Å². The number of nitrogens with zero attached hydrogens (tertiary/aromatic N) is 3. The summed E-state index contributed by atoms with van der Waals surface area (Å²) in [5.74, 6) is 0.317. The van der Waals surface area contributed by atoms with E-state index in [9.17, 15) is 9.59 Å². The van der Waals surface area contributed by atoms with Gasteiger partial charge in [-0.25, -0.2) is 9.97 Å². The summed E-state index contributed by atoms with van der Waals surface area (Å²) in [4.78, 5) is 38.9. The summed E-state index contributed by atoms with van der Waals surface area (Å²) in [6.45, 7) is 9.81. The lowest BCUT2D eigenvalue weighted by Crippen LogP contribution is -2.44. The van der Waals surface area contributed by atoms with Gasteiger partial charge in [-0.1, -0.05) is 32.9 Å². The summed E-state index contributed by atoms with van der Waals surface area (Å²) in [5.41, 5.74) is 2.81. The van der Waals surface area contributed by atoms with Crippen LogP contribution in [0.15, 0.2) is 53.6 Å². The molecular weight excluding hydrogens is 404 g/mol. The van der Waals surface area contributed by atoms with Crippen molar-refractivity contribution in [3.8, 4) is 11.3 Å². The third kappa shape index (κ3) is 4.86. The predicted molar refractivity (Wildman–Crippen MR) is 126 cm³/mol. The number of amides is 1. The Morgan fingerprint density at radius 3 is 2.50 bits per heavy atom. The third-order valence-electron chi connectivity index (χ3n) is 5.50. The van der Waals surface area contributed by atoms with Crippen molar-refractivity contribution in [3.05, 3.63) is 70.3 Å². The fourth-order valence-corrected chi connectivity index (χ4v) is 3.57. The highest BCUT2D eigenvalue weighted by Gasteiger charge is 2.16. The molecule has 0 unspecified atom stereocenters. The molecule has 0 spiro atoms. The van der Waals surface area contributed by atoms with Gasteiger partial charge in [-0.15, -0.1) is 0 Å². The average Bonchev–Trinajstić information content (AvgIpc) is 2.80. The number of nitrogens with one attached hydrogen (secondary N) is 3. The van der Waals surface area contributed by atoms with Gasteiger partial charge in [0.2, 0.25) is 5.95 Å². The summed E-state index contributed by atoms with van der Waals surface area (Å²) in [5, 5.41) is 6.04. The molecule has 0 radical (unpaired) electrons. The largest absolute Gasteiger partial charge is 0.338 e. The molecule has 8 heteroatoms. The van der Waals surface area contributed by atoms with Crippen molar-refractivity contribution >= 4 is 17.5 Å². The highest BCUT2D eigenvalue weighted by molar-refractivity contribution is 6.04. The van der Waals surface area contributed by atoms with Gasteiger partial charge in [0, 0.05) is 49.7 Å². The number of hydrogen-bond donors (Lipinski definition) is 3. The number of piperazine rings is 1. The Morgan fingerprint density at radius 2 is 1.81 bits per heavy atom. The van der Waals surface area contributed by atoms with Crippen LogP contribution in [0.4, 0.5) is 11.6 Å². The lowest BCUT2D eigenvalue weighted by atomic mass is 9.87. The molecule has 1 aliphatic rings. The number of hydrogen-bond acceptors (Lipinski definition) is 6. The fraction of sp³-hybridized carbons (Fsp3) is 0.333. The maximum absolute atomic E-state index is 12.7. The van der Waals surface area contributed by atoms with Gasteiger partial charge in [0.05, 0.1) is 5.69 Å². The maximum atomic E-state index is 12.7. The molecule has 3 heterocycles. The molecule has 0 atom stereocenters. The molecule has 1 fully saturated rings. The molecular formula is C24H28N6O2. The zero-order chi connectivity index (χ0) is 22.7. The van der Waals surface area contributed by atoms with E-state index in [1.807, 2.05) is 12.1 Å². The van der Waals surface area contributed by atoms with E-state index in [4.69, 9.17) is 0 Å². The molecule has 0 aliphatic carbocycles. The molecule has 3 N–H and O–H groups in total. The van der Waals surface area contributed by atoms with Crippen molar-refractivity contribution in [1.29, 1.82) is 0 Å². The number of H-pyrrole nitrogens is 1. The Bertz CT molecular complexity index is 1160. The van der Waals surface area contributed by atoms with Crippen molar-refractivity contribution in [2.24, 2.45) is 0 Å². The smallest absolute Gasteiger partial charge is 0.271 e. The number of pyridine rings is 1. The quantitative estimate of drug-likeness (QED) is 0.586. The van der Waals surface area contributed by atoms with E-state index in [0.717, 1.165) is 31.7 Å². The van der Waals surface area contributed by atoms with E-state index in [0.29, 0.717) is 22.8 Å². The van der Waals surface area contributed by atoms with Crippen molar-refractivity contribution in [1.82, 2.24) is 20.3 Å². The lowest BCUT2D eigenvalue weighted by molar-refractivity contribution is 0.102. The van der Waals surface area contributed by atoms with Gasteiger partial charge in [0.15, 0.2) is 0 Å². The Kier molecular flexibility index (Phi) is 6.05. The molecule has 3 aromatic rings. The van der Waals surface area contributed by atoms with Crippen LogP contribution in [0.3, 0.4) is 0 Å². The van der Waals surface area contributed by atoms with Crippen LogP contribution in [0, 0.1) is 0 Å². The topological polar surface area (TPSA) is 103 Å². The van der Waals surface area contributed by atoms with Gasteiger partial charge in [0.1, 0.15) is 5.69 Å². The van der Waals surface area contributed by atoms with Gasteiger partial charge >= 0.3 is 0 Å². The molecule has 166 valence electrons. The highest BCUT2D eigenvalue weighted by Crippen LogP contribution is 2.23. The minimum absolute atomic E-state index is 0.00158. The zero-order valence-corrected chi connectivity index (χ0v) is 18.6. The second kappa shape index (κ2) is 8.92. The molecule has 2 aromatic heterocycles. The predicted octanol–water partition coefficient (Wildman–Crippen LogP) is 2.79. The maximum Gasteiger partial charge on any atom is 0.271 e. The second-order valence-electron chi connectivity index (χ2n) is 8.89. The van der Waals surface area contributed by atoms with Crippen molar-refractivity contribution in [3.63, 3.8) is 0 Å². The van der Waals surface area contributed by atoms with E-state index >= 15 is 0 Å². The Morgan fingerprint density at radius 1 is 1.09 bits per heavy atom. The third-order valence-corrected chi connectivity index (χ3v) is 5.50. The van der Waals surface area contributed by atoms with Crippen LogP contribution in [-0.4, -0.2) is 47.0 Å². The van der Waals surface area contributed by atoms with Crippen LogP contribution >= 0.6 is 0 Å². The summed E-state index contributed by atoms with van der Waals surface area (Å²) < 4.78 is 0. The number of carbonyl (C=O) groups is 1. The van der Waals surface area contributed by atoms with E-state index in [1.54, 1.807) is 36.7 Å². The number of aromatic nitrogens is 3. The van der Waals surface area contributed by atoms with E-state index in [-0.39, 0.29) is 22.6 Å². The van der Waals surface area contributed by atoms with E-state index < -0.39 is 0 Å². The molecule has 4 rings (SSSR count). The molecule has 1 amide bonds. The number of rotatable bonds is 4. The first-order valence-corrected chi connectivity index (χ1v) is 10.7. The second-order valence-corrected chi connectivity index (χ2v) is 8.89. The zero-order valence-electron chi connectivity index (χ0n) is 18.6. The lowest BCUT2D eigenvalue weighted by Gasteiger charge is -2.27. The van der Waals surface area contributed by atoms with Gasteiger partial charge < -0.3 is 20.5 Å². The molecule has 1 aliphatic heterocycles. The van der Waals surface area contributed by atoms with E-state index in [2.05, 4.69) is 51.3 Å². The highest BCUT2D eigenvalue weighted by atomic mass is 16.2. The van der Waals surface area contributed by atoms with Crippen molar-refractivity contribution in [2.75, 3.05) is 36.4 Å². The molecule has 1 aromatic carbocycles. The Balaban J connectivity index is 1.55. The molecule has 1 saturated heterocycles. The minimum atomic E-state index is -0.371. The number of benzene rings is 1. The van der Waals surface area contributed by atoms with Crippen molar-refractivity contribution < 1.29 is 4.79 Å². The SMILES string of the molecule is CC(C)(C)c1ccc(C(=O)Nc2cc(-c3ccnc(N4CCNCC4)n3)c[nH]c2=O)cc1. The summed E-state index contributed by atoms with van der Waals surface area (Å²) in [6, 6.07) is 10.9. The first kappa shape index (κ1) is 21.7. The van der Waals surface area contributed by atoms with Crippen LogP contribution < -0.4 is 21.1 Å². The first-order chi connectivity index (χ1) is 15.3. The van der Waals surface area contributed by atoms with Crippen LogP contribution in [-0.2, 0) is 5.41 Å². The minimum Gasteiger partial charge on any atom is -0.338 e. The summed E-state index contributed by atoms with van der Waals surface area (Å²) in [7, 11) is 0. The van der Waals surface area contributed by atoms with Crippen molar-refractivity contribution in [2.45, 2.75) is 26.2 Å².